The third-order valence-corrected chi connectivity index (χ3v) is 7.39. The van der Waals surface area contributed by atoms with Crippen LogP contribution in [0.3, 0.4) is 0 Å². The minimum absolute atomic E-state index is 0. The Hall–Kier alpha value is -2.70. The summed E-state index contributed by atoms with van der Waals surface area (Å²) in [7, 11) is -3.35. The van der Waals surface area contributed by atoms with Gasteiger partial charge in [0.05, 0.1) is 23.5 Å². The minimum Gasteiger partial charge on any atom is -0.870 e. The molecule has 0 aromatic heterocycles. The molecule has 0 saturated carbocycles. The number of methoxy groups -OCH3 is 1. The number of hydrogen-bond acceptors (Lipinski definition) is 7. The molecule has 0 aliphatic rings. The maximum Gasteiger partial charge on any atom is 1.00 e. The van der Waals surface area contributed by atoms with Gasteiger partial charge in [0.1, 0.15) is 16.3 Å². The Labute approximate surface area is 256 Å². The molecular weight excluding hydrogens is 576 g/mol. The van der Waals surface area contributed by atoms with Crippen molar-refractivity contribution in [3.05, 3.63) is 81.8 Å². The van der Waals surface area contributed by atoms with Gasteiger partial charge in [-0.1, -0.05) is 66.2 Å². The third kappa shape index (κ3) is 6.55. The van der Waals surface area contributed by atoms with Crippen LogP contribution in [0.15, 0.2) is 75.8 Å². The summed E-state index contributed by atoms with van der Waals surface area (Å²) in [4.78, 5) is 12.5. The van der Waals surface area contributed by atoms with Crippen LogP contribution in [-0.4, -0.2) is 26.0 Å². The summed E-state index contributed by atoms with van der Waals surface area (Å²) in [5, 5.41) is 25.1. The number of ether oxygens (including phenoxy) is 1. The van der Waals surface area contributed by atoms with Crippen molar-refractivity contribution in [3.63, 3.8) is 0 Å². The SMILES string of the molecule is CCc1ccc(N=Nc2c([O-])c(C(=O)Nc3cc(Cl)ccc3OC)cc3ccccc23)c(S(=O)(=O)O)c1Cl.[Na+]. The summed E-state index contributed by atoms with van der Waals surface area (Å²) in [6.07, 6.45) is 0.405. The number of nitrogens with zero attached hydrogens (tertiary/aromatic N) is 2. The van der Waals surface area contributed by atoms with Crippen molar-refractivity contribution >= 4 is 67.1 Å². The van der Waals surface area contributed by atoms with Crippen LogP contribution in [0, 0.1) is 0 Å². The van der Waals surface area contributed by atoms with Gasteiger partial charge in [-0.3, -0.25) is 9.35 Å². The number of azo groups is 1. The second-order valence-electron chi connectivity index (χ2n) is 8.04. The Morgan fingerprint density at radius 1 is 1.08 bits per heavy atom. The molecule has 0 spiro atoms. The predicted octanol–water partition coefficient (Wildman–Crippen LogP) is 3.71. The van der Waals surface area contributed by atoms with E-state index in [9.17, 15) is 22.9 Å². The fourth-order valence-corrected chi connectivity index (χ4v) is 5.32. The van der Waals surface area contributed by atoms with E-state index in [1.54, 1.807) is 49.4 Å². The molecule has 4 aromatic rings. The topological polar surface area (TPSA) is 140 Å². The van der Waals surface area contributed by atoms with Crippen molar-refractivity contribution in [2.75, 3.05) is 12.4 Å². The monoisotopic (exact) mass is 595 g/mol. The maximum atomic E-state index is 13.4. The van der Waals surface area contributed by atoms with Gasteiger partial charge in [-0.25, -0.2) is 0 Å². The van der Waals surface area contributed by atoms with Gasteiger partial charge in [0.2, 0.25) is 0 Å². The molecule has 196 valence electrons. The number of anilines is 1. The largest absolute Gasteiger partial charge is 1.00 e. The summed E-state index contributed by atoms with van der Waals surface area (Å²) in [6, 6.07) is 15.6. The molecule has 0 radical (unpaired) electrons. The van der Waals surface area contributed by atoms with Crippen molar-refractivity contribution < 1.29 is 57.2 Å². The first-order chi connectivity index (χ1) is 18.0. The van der Waals surface area contributed by atoms with Gasteiger partial charge in [0, 0.05) is 16.0 Å². The van der Waals surface area contributed by atoms with Gasteiger partial charge in [0.15, 0.2) is 0 Å². The number of carbonyl (C=O) groups excluding carboxylic acids is 1. The summed E-state index contributed by atoms with van der Waals surface area (Å²) in [6.45, 7) is 1.77. The maximum absolute atomic E-state index is 13.4. The summed E-state index contributed by atoms with van der Waals surface area (Å²) >= 11 is 12.3. The molecule has 4 rings (SSSR count). The molecule has 0 heterocycles. The number of nitrogens with one attached hydrogen (secondary N) is 1. The first-order valence-electron chi connectivity index (χ1n) is 11.1. The quantitative estimate of drug-likeness (QED) is 0.189. The van der Waals surface area contributed by atoms with Gasteiger partial charge in [-0.05, 0) is 47.7 Å². The molecule has 0 aliphatic carbocycles. The smallest absolute Gasteiger partial charge is 0.870 e. The molecule has 0 saturated heterocycles. The average molecular weight is 596 g/mol. The Kier molecular flexibility index (Phi) is 10.0. The van der Waals surface area contributed by atoms with Crippen molar-refractivity contribution in [1.82, 2.24) is 0 Å². The Morgan fingerprint density at radius 3 is 2.46 bits per heavy atom. The van der Waals surface area contributed by atoms with E-state index in [0.29, 0.717) is 33.5 Å². The van der Waals surface area contributed by atoms with Gasteiger partial charge in [-0.15, -0.1) is 5.11 Å². The van der Waals surface area contributed by atoms with Crippen LogP contribution in [0.5, 0.6) is 11.5 Å². The fraction of sp³-hybridized carbons (Fsp3) is 0.115. The van der Waals surface area contributed by atoms with Gasteiger partial charge >= 0.3 is 29.6 Å². The zero-order valence-corrected chi connectivity index (χ0v) is 25.4. The van der Waals surface area contributed by atoms with Crippen LogP contribution >= 0.6 is 23.2 Å². The normalized spacial score (nSPS) is 11.4. The molecular formula is C26H20Cl2N3NaO6S. The molecule has 13 heteroatoms. The third-order valence-electron chi connectivity index (χ3n) is 5.68. The Balaban J connectivity index is 0.00000420. The summed E-state index contributed by atoms with van der Waals surface area (Å²) in [5.74, 6) is -1.16. The minimum atomic E-state index is -4.77. The number of aryl methyl sites for hydroxylation is 1. The zero-order valence-electron chi connectivity index (χ0n) is 21.0. The number of amides is 1. The van der Waals surface area contributed by atoms with E-state index in [2.05, 4.69) is 15.5 Å². The van der Waals surface area contributed by atoms with Gasteiger partial charge < -0.3 is 15.2 Å². The molecule has 9 nitrogen and oxygen atoms in total. The molecule has 0 aliphatic heterocycles. The molecule has 1 amide bonds. The number of rotatable bonds is 7. The van der Waals surface area contributed by atoms with Crippen molar-refractivity contribution in [2.45, 2.75) is 18.2 Å². The van der Waals surface area contributed by atoms with Crippen LogP contribution in [0.1, 0.15) is 22.8 Å². The van der Waals surface area contributed by atoms with E-state index in [1.807, 2.05) is 0 Å². The van der Waals surface area contributed by atoms with Crippen molar-refractivity contribution in [3.8, 4) is 11.5 Å². The number of hydrogen-bond donors (Lipinski definition) is 2. The van der Waals surface area contributed by atoms with Crippen LogP contribution < -0.4 is 44.7 Å². The van der Waals surface area contributed by atoms with E-state index < -0.39 is 26.7 Å². The van der Waals surface area contributed by atoms with E-state index in [-0.39, 0.29) is 57.2 Å². The number of carbonyl (C=O) groups is 1. The zero-order chi connectivity index (χ0) is 27.6. The molecule has 0 fully saturated rings. The van der Waals surface area contributed by atoms with Crippen LogP contribution in [0.25, 0.3) is 10.8 Å². The number of benzene rings is 4. The molecule has 0 unspecified atom stereocenters. The molecule has 2 N–H and O–H groups in total. The second-order valence-corrected chi connectivity index (χ2v) is 10.2. The molecule has 4 aromatic carbocycles. The molecule has 0 bridgehead atoms. The first-order valence-corrected chi connectivity index (χ1v) is 13.3. The second kappa shape index (κ2) is 12.6. The number of fused-ring (bicyclic) bond motifs is 1. The van der Waals surface area contributed by atoms with Gasteiger partial charge in [0.25, 0.3) is 16.0 Å². The van der Waals surface area contributed by atoms with Crippen LogP contribution in [-0.2, 0) is 16.5 Å². The van der Waals surface area contributed by atoms with Crippen molar-refractivity contribution in [2.24, 2.45) is 10.2 Å². The van der Waals surface area contributed by atoms with Crippen molar-refractivity contribution in [1.29, 1.82) is 0 Å². The predicted molar refractivity (Wildman–Crippen MR) is 144 cm³/mol. The van der Waals surface area contributed by atoms with E-state index in [1.165, 1.54) is 25.3 Å². The molecule has 0 atom stereocenters. The molecule has 39 heavy (non-hydrogen) atoms. The van der Waals surface area contributed by atoms with Gasteiger partial charge in [-0.2, -0.15) is 13.5 Å². The Bertz CT molecular complexity index is 1710. The van der Waals surface area contributed by atoms with E-state index in [0.717, 1.165) is 0 Å². The average Bonchev–Trinajstić information content (AvgIpc) is 2.87. The standard InChI is InChI=1S/C26H21Cl2N3O6S.Na/c1-3-14-8-10-19(25(22(14)28)38(34,35)36)30-31-23-17-7-5-4-6-15(17)12-18(24(23)32)26(33)29-20-13-16(27)9-11-21(20)37-2;/h4-13,32H,3H2,1-2H3,(H,29,33)(H,34,35,36);/q;+1/p-1. The fourth-order valence-electron chi connectivity index (χ4n) is 3.83. The van der Waals surface area contributed by atoms with E-state index >= 15 is 0 Å². The van der Waals surface area contributed by atoms with Crippen LogP contribution in [0.2, 0.25) is 10.0 Å². The Morgan fingerprint density at radius 2 is 1.79 bits per heavy atom. The summed E-state index contributed by atoms with van der Waals surface area (Å²) < 4.78 is 39.1. The van der Waals surface area contributed by atoms with Crippen LogP contribution in [0.4, 0.5) is 17.1 Å². The summed E-state index contributed by atoms with van der Waals surface area (Å²) in [5.41, 5.74) is 0.0153. The first kappa shape index (κ1) is 30.8. The van der Waals surface area contributed by atoms with E-state index in [4.69, 9.17) is 27.9 Å². The number of halogens is 2.